The zero-order valence-corrected chi connectivity index (χ0v) is 9.34. The molecule has 0 aromatic carbocycles. The Morgan fingerprint density at radius 3 is 2.64 bits per heavy atom. The molecular formula is C9H9Cl2N3. The number of hydrogen-bond donors (Lipinski definition) is 0. The van der Waals surface area contributed by atoms with E-state index in [1.54, 1.807) is 0 Å². The molecule has 0 amide bonds. The summed E-state index contributed by atoms with van der Waals surface area (Å²) in [6, 6.07) is 2.21. The van der Waals surface area contributed by atoms with E-state index in [2.05, 4.69) is 23.8 Å². The molecule has 0 spiro atoms. The van der Waals surface area contributed by atoms with Crippen LogP contribution in [0.4, 0.5) is 0 Å². The van der Waals surface area contributed by atoms with Gasteiger partial charge in [-0.05, 0) is 31.5 Å². The normalized spacial score (nSPS) is 11.5. The van der Waals surface area contributed by atoms with Gasteiger partial charge >= 0.3 is 0 Å². The number of aromatic nitrogens is 3. The van der Waals surface area contributed by atoms with Crippen LogP contribution in [0.1, 0.15) is 19.9 Å². The summed E-state index contributed by atoms with van der Waals surface area (Å²) in [4.78, 5) is 8.00. The van der Waals surface area contributed by atoms with Crippen molar-refractivity contribution in [1.82, 2.24) is 14.5 Å². The molecule has 3 nitrogen and oxygen atoms in total. The summed E-state index contributed by atoms with van der Waals surface area (Å²) in [5, 5.41) is 0.586. The second-order valence-electron chi connectivity index (χ2n) is 3.33. The van der Waals surface area contributed by atoms with Crippen LogP contribution < -0.4 is 0 Å². The van der Waals surface area contributed by atoms with Gasteiger partial charge in [-0.15, -0.1) is 0 Å². The topological polar surface area (TPSA) is 30.7 Å². The maximum absolute atomic E-state index is 6.00. The van der Waals surface area contributed by atoms with Gasteiger partial charge in [0.1, 0.15) is 5.52 Å². The Labute approximate surface area is 91.7 Å². The number of rotatable bonds is 1. The molecule has 0 aliphatic carbocycles. The van der Waals surface area contributed by atoms with E-state index in [-0.39, 0.29) is 5.28 Å². The molecule has 2 rings (SSSR count). The Bertz CT molecular complexity index is 476. The first kappa shape index (κ1) is 9.74. The third kappa shape index (κ3) is 1.47. The predicted molar refractivity (Wildman–Crippen MR) is 57.9 cm³/mol. The molecule has 0 aliphatic heterocycles. The van der Waals surface area contributed by atoms with Crippen molar-refractivity contribution in [3.8, 4) is 0 Å². The lowest BCUT2D eigenvalue weighted by atomic mass is 10.4. The highest BCUT2D eigenvalue weighted by molar-refractivity contribution is 6.35. The fraction of sp³-hybridized carbons (Fsp3) is 0.333. The molecule has 2 aromatic rings. The van der Waals surface area contributed by atoms with E-state index in [4.69, 9.17) is 23.2 Å². The molecule has 0 saturated heterocycles. The lowest BCUT2D eigenvalue weighted by Crippen LogP contribution is -1.99. The van der Waals surface area contributed by atoms with Crippen molar-refractivity contribution in [2.45, 2.75) is 19.9 Å². The lowest BCUT2D eigenvalue weighted by molar-refractivity contribution is 0.622. The van der Waals surface area contributed by atoms with Gasteiger partial charge < -0.3 is 4.57 Å². The van der Waals surface area contributed by atoms with E-state index in [1.165, 1.54) is 0 Å². The largest absolute Gasteiger partial charge is 0.341 e. The molecule has 0 radical (unpaired) electrons. The molecule has 2 heterocycles. The maximum atomic E-state index is 6.00. The van der Waals surface area contributed by atoms with Crippen molar-refractivity contribution in [3.05, 3.63) is 22.7 Å². The van der Waals surface area contributed by atoms with Crippen LogP contribution in [0.3, 0.4) is 0 Å². The molecule has 0 unspecified atom stereocenters. The standard InChI is InChI=1S/C9H9Cl2N3/c1-5(2)14-4-3-6-7(14)8(10)13-9(11)12-6/h3-5H,1-2H3. The average Bonchev–Trinajstić information content (AvgIpc) is 2.47. The third-order valence-corrected chi connectivity index (χ3v) is 2.48. The van der Waals surface area contributed by atoms with Crippen LogP contribution in [0.25, 0.3) is 11.0 Å². The van der Waals surface area contributed by atoms with Crippen molar-refractivity contribution >= 4 is 34.2 Å². The summed E-state index contributed by atoms with van der Waals surface area (Å²) in [6.07, 6.45) is 1.94. The minimum atomic E-state index is 0.184. The molecule has 5 heteroatoms. The van der Waals surface area contributed by atoms with Crippen LogP contribution in [-0.2, 0) is 0 Å². The molecule has 0 bridgehead atoms. The van der Waals surface area contributed by atoms with Crippen molar-refractivity contribution in [3.63, 3.8) is 0 Å². The van der Waals surface area contributed by atoms with E-state index < -0.39 is 0 Å². The van der Waals surface area contributed by atoms with Gasteiger partial charge in [-0.2, -0.15) is 0 Å². The van der Waals surface area contributed by atoms with Gasteiger partial charge in [-0.25, -0.2) is 9.97 Å². The molecule has 0 N–H and O–H groups in total. The van der Waals surface area contributed by atoms with Crippen LogP contribution >= 0.6 is 23.2 Å². The second-order valence-corrected chi connectivity index (χ2v) is 4.03. The predicted octanol–water partition coefficient (Wildman–Crippen LogP) is 3.32. The Morgan fingerprint density at radius 2 is 2.00 bits per heavy atom. The van der Waals surface area contributed by atoms with Gasteiger partial charge in [0.05, 0.1) is 5.52 Å². The van der Waals surface area contributed by atoms with Crippen LogP contribution in [0, 0.1) is 0 Å². The lowest BCUT2D eigenvalue weighted by Gasteiger charge is -2.09. The fourth-order valence-corrected chi connectivity index (χ4v) is 1.92. The summed E-state index contributed by atoms with van der Waals surface area (Å²) < 4.78 is 2.02. The van der Waals surface area contributed by atoms with E-state index in [0.29, 0.717) is 11.2 Å². The SMILES string of the molecule is CC(C)n1ccc2nc(Cl)nc(Cl)c21. The zero-order chi connectivity index (χ0) is 10.3. The molecule has 0 aliphatic rings. The fourth-order valence-electron chi connectivity index (χ4n) is 1.43. The van der Waals surface area contributed by atoms with E-state index in [9.17, 15) is 0 Å². The summed E-state index contributed by atoms with van der Waals surface area (Å²) in [7, 11) is 0. The van der Waals surface area contributed by atoms with Gasteiger partial charge in [0.2, 0.25) is 5.28 Å². The molecule has 0 fully saturated rings. The van der Waals surface area contributed by atoms with Gasteiger partial charge in [-0.3, -0.25) is 0 Å². The Morgan fingerprint density at radius 1 is 1.29 bits per heavy atom. The second kappa shape index (κ2) is 3.41. The zero-order valence-electron chi connectivity index (χ0n) is 7.83. The Kier molecular flexibility index (Phi) is 2.37. The van der Waals surface area contributed by atoms with Crippen LogP contribution in [0.5, 0.6) is 0 Å². The van der Waals surface area contributed by atoms with E-state index in [0.717, 1.165) is 11.0 Å². The molecule has 14 heavy (non-hydrogen) atoms. The highest BCUT2D eigenvalue weighted by Gasteiger charge is 2.11. The Balaban J connectivity index is 2.79. The summed E-state index contributed by atoms with van der Waals surface area (Å²) in [6.45, 7) is 4.15. The van der Waals surface area contributed by atoms with Gasteiger partial charge in [-0.1, -0.05) is 11.6 Å². The first-order valence-electron chi connectivity index (χ1n) is 4.29. The molecule has 0 saturated carbocycles. The number of halogens is 2. The monoisotopic (exact) mass is 229 g/mol. The van der Waals surface area contributed by atoms with Crippen molar-refractivity contribution < 1.29 is 0 Å². The minimum absolute atomic E-state index is 0.184. The molecule has 2 aromatic heterocycles. The van der Waals surface area contributed by atoms with Gasteiger partial charge in [0, 0.05) is 12.2 Å². The van der Waals surface area contributed by atoms with Crippen LogP contribution in [0.15, 0.2) is 12.3 Å². The summed E-state index contributed by atoms with van der Waals surface area (Å²) in [5.74, 6) is 0. The van der Waals surface area contributed by atoms with E-state index >= 15 is 0 Å². The van der Waals surface area contributed by atoms with Gasteiger partial charge in [0.25, 0.3) is 0 Å². The van der Waals surface area contributed by atoms with Crippen molar-refractivity contribution in [1.29, 1.82) is 0 Å². The highest BCUT2D eigenvalue weighted by atomic mass is 35.5. The molecule has 74 valence electrons. The van der Waals surface area contributed by atoms with E-state index in [1.807, 2.05) is 16.8 Å². The van der Waals surface area contributed by atoms with Gasteiger partial charge in [0.15, 0.2) is 5.15 Å². The maximum Gasteiger partial charge on any atom is 0.224 e. The first-order valence-corrected chi connectivity index (χ1v) is 5.05. The van der Waals surface area contributed by atoms with Crippen LogP contribution in [0.2, 0.25) is 10.4 Å². The quantitative estimate of drug-likeness (QED) is 0.555. The van der Waals surface area contributed by atoms with Crippen LogP contribution in [-0.4, -0.2) is 14.5 Å². The van der Waals surface area contributed by atoms with Crippen molar-refractivity contribution in [2.24, 2.45) is 0 Å². The smallest absolute Gasteiger partial charge is 0.224 e. The molecule has 0 atom stereocenters. The number of hydrogen-bond acceptors (Lipinski definition) is 2. The summed E-state index contributed by atoms with van der Waals surface area (Å²) in [5.41, 5.74) is 1.62. The average molecular weight is 230 g/mol. The minimum Gasteiger partial charge on any atom is -0.341 e. The summed E-state index contributed by atoms with van der Waals surface area (Å²) >= 11 is 11.7. The first-order chi connectivity index (χ1) is 6.59. The van der Waals surface area contributed by atoms with Crippen molar-refractivity contribution in [2.75, 3.05) is 0 Å². The number of fused-ring (bicyclic) bond motifs is 1. The third-order valence-electron chi connectivity index (χ3n) is 2.05. The highest BCUT2D eigenvalue weighted by Crippen LogP contribution is 2.25. The Hall–Kier alpha value is -0.800. The number of nitrogens with zero attached hydrogens (tertiary/aromatic N) is 3. The molecular weight excluding hydrogens is 221 g/mol.